The van der Waals surface area contributed by atoms with E-state index >= 15 is 0 Å². The lowest BCUT2D eigenvalue weighted by Crippen LogP contribution is -2.45. The minimum Gasteiger partial charge on any atom is -0.348 e. The molecule has 32 heavy (non-hydrogen) atoms. The largest absolute Gasteiger partial charge is 0.348 e. The molecule has 1 spiro atoms. The van der Waals surface area contributed by atoms with E-state index in [1.54, 1.807) is 6.07 Å². The molecule has 5 nitrogen and oxygen atoms in total. The van der Waals surface area contributed by atoms with Crippen molar-refractivity contribution in [2.45, 2.75) is 30.6 Å². The maximum atomic E-state index is 13.9. The zero-order valence-electron chi connectivity index (χ0n) is 18.3. The van der Waals surface area contributed by atoms with Gasteiger partial charge in [0.05, 0.1) is 10.0 Å². The second kappa shape index (κ2) is 10.0. The first kappa shape index (κ1) is 23.4. The molecule has 0 aromatic heterocycles. The summed E-state index contributed by atoms with van der Waals surface area (Å²) >= 11 is 12.3. The molecule has 0 unspecified atom stereocenters. The molecular formula is C24H29Cl2FN4O. The minimum atomic E-state index is -0.271. The van der Waals surface area contributed by atoms with Crippen molar-refractivity contribution >= 4 is 28.9 Å². The van der Waals surface area contributed by atoms with E-state index < -0.39 is 0 Å². The van der Waals surface area contributed by atoms with E-state index in [0.29, 0.717) is 16.0 Å². The van der Waals surface area contributed by atoms with Gasteiger partial charge in [-0.25, -0.2) is 4.39 Å². The van der Waals surface area contributed by atoms with Crippen LogP contribution in [0.2, 0.25) is 10.0 Å². The summed E-state index contributed by atoms with van der Waals surface area (Å²) in [5, 5.41) is 7.53. The lowest BCUT2D eigenvalue weighted by atomic mass is 9.74. The number of likely N-dealkylation sites (tertiary alicyclic amines) is 1. The van der Waals surface area contributed by atoms with Crippen LogP contribution in [0.15, 0.2) is 41.6 Å². The molecular weight excluding hydrogens is 450 g/mol. The van der Waals surface area contributed by atoms with Gasteiger partial charge in [0.2, 0.25) is 0 Å². The van der Waals surface area contributed by atoms with E-state index in [2.05, 4.69) is 21.5 Å². The highest BCUT2D eigenvalue weighted by Crippen LogP contribution is 2.47. The summed E-state index contributed by atoms with van der Waals surface area (Å²) in [6, 6.07) is 10.9. The van der Waals surface area contributed by atoms with Crippen molar-refractivity contribution in [1.82, 2.24) is 10.2 Å². The fourth-order valence-electron chi connectivity index (χ4n) is 5.32. The Balaban J connectivity index is 1.40. The highest BCUT2D eigenvalue weighted by Gasteiger charge is 2.44. The summed E-state index contributed by atoms with van der Waals surface area (Å²) in [6.07, 6.45) is 3.00. The zero-order valence-corrected chi connectivity index (χ0v) is 19.8. The van der Waals surface area contributed by atoms with E-state index in [-0.39, 0.29) is 17.9 Å². The number of nitrogens with zero attached hydrogens (tertiary/aromatic N) is 3. The van der Waals surface area contributed by atoms with Gasteiger partial charge in [-0.15, -0.1) is 4.91 Å². The van der Waals surface area contributed by atoms with Crippen molar-refractivity contribution < 1.29 is 4.39 Å². The Morgan fingerprint density at radius 2 is 1.94 bits per heavy atom. The second-order valence-corrected chi connectivity index (χ2v) is 9.78. The summed E-state index contributed by atoms with van der Waals surface area (Å²) in [4.78, 5) is 15.4. The molecule has 1 N–H and O–H groups in total. The van der Waals surface area contributed by atoms with E-state index in [9.17, 15) is 9.30 Å². The van der Waals surface area contributed by atoms with Crippen molar-refractivity contribution in [3.63, 3.8) is 0 Å². The highest BCUT2D eigenvalue weighted by molar-refractivity contribution is 6.42. The number of hydrogen-bond donors (Lipinski definition) is 1. The van der Waals surface area contributed by atoms with Crippen LogP contribution >= 0.6 is 23.2 Å². The molecule has 8 heteroatoms. The Labute approximate surface area is 198 Å². The molecule has 1 fully saturated rings. The number of hydrogen-bond acceptors (Lipinski definition) is 5. The molecule has 0 saturated carbocycles. The summed E-state index contributed by atoms with van der Waals surface area (Å²) in [5.41, 5.74) is 3.15. The van der Waals surface area contributed by atoms with Crippen LogP contribution in [0.4, 0.5) is 10.1 Å². The average molecular weight is 479 g/mol. The van der Waals surface area contributed by atoms with E-state index in [1.807, 2.05) is 30.1 Å². The van der Waals surface area contributed by atoms with Crippen molar-refractivity contribution in [3.8, 4) is 0 Å². The number of nitrogens with one attached hydrogen (secondary N) is 1. The van der Waals surface area contributed by atoms with Crippen LogP contribution < -0.4 is 10.2 Å². The van der Waals surface area contributed by atoms with Gasteiger partial charge in [0.15, 0.2) is 6.67 Å². The lowest BCUT2D eigenvalue weighted by Gasteiger charge is -2.40. The van der Waals surface area contributed by atoms with Gasteiger partial charge in [0, 0.05) is 24.2 Å². The third-order valence-corrected chi connectivity index (χ3v) is 7.81. The molecule has 4 rings (SSSR count). The molecule has 0 radical (unpaired) electrons. The summed E-state index contributed by atoms with van der Waals surface area (Å²) in [6.45, 7) is 4.63. The first-order valence-electron chi connectivity index (χ1n) is 11.1. The number of nitroso groups, excluding NO2 is 1. The SMILES string of the molecule is CNC[C@@H](CCN1CCC2(CC1)CN(CN=O)c1cc(F)ccc12)c1ccc(Cl)c(Cl)c1. The number of anilines is 1. The fraction of sp³-hybridized carbons (Fsp3) is 0.500. The van der Waals surface area contributed by atoms with Gasteiger partial charge in [-0.05, 0) is 92.4 Å². The summed E-state index contributed by atoms with van der Waals surface area (Å²) < 4.78 is 13.9. The molecule has 1 saturated heterocycles. The molecule has 172 valence electrons. The Bertz CT molecular complexity index is 965. The maximum absolute atomic E-state index is 13.9. The standard InChI is InChI=1S/C24H29Cl2FN4O/c1-28-14-18(17-2-5-21(25)22(26)12-17)6-9-30-10-7-24(8-11-30)15-31(16-29-32)23-13-19(27)3-4-20(23)24/h2-5,12-13,18,28H,6-11,14-16H2,1H3/t18-/m1/s1. The number of likely N-dealkylation sites (N-methyl/N-ethyl adjacent to an activating group) is 1. The van der Waals surface area contributed by atoms with Gasteiger partial charge in [-0.2, -0.15) is 0 Å². The summed E-state index contributed by atoms with van der Waals surface area (Å²) in [7, 11) is 1.97. The molecule has 1 atom stereocenters. The monoisotopic (exact) mass is 478 g/mol. The smallest absolute Gasteiger partial charge is 0.152 e. The predicted octanol–water partition coefficient (Wildman–Crippen LogP) is 5.40. The van der Waals surface area contributed by atoms with Gasteiger partial charge < -0.3 is 15.1 Å². The molecule has 0 aliphatic carbocycles. The van der Waals surface area contributed by atoms with Crippen LogP contribution in [-0.2, 0) is 5.41 Å². The minimum absolute atomic E-state index is 0.0295. The second-order valence-electron chi connectivity index (χ2n) is 8.97. The first-order valence-corrected chi connectivity index (χ1v) is 11.9. The Morgan fingerprint density at radius 3 is 2.62 bits per heavy atom. The Hall–Kier alpha value is -1.73. The molecule has 2 aromatic carbocycles. The highest BCUT2D eigenvalue weighted by atomic mass is 35.5. The summed E-state index contributed by atoms with van der Waals surface area (Å²) in [5.74, 6) is 0.0852. The normalized spacial score (nSPS) is 18.7. The molecule has 2 aliphatic rings. The first-order chi connectivity index (χ1) is 15.5. The van der Waals surface area contributed by atoms with Crippen LogP contribution in [0.25, 0.3) is 0 Å². The van der Waals surface area contributed by atoms with Gasteiger partial charge >= 0.3 is 0 Å². The van der Waals surface area contributed by atoms with Gasteiger partial charge in [0.25, 0.3) is 0 Å². The molecule has 2 aliphatic heterocycles. The number of rotatable bonds is 8. The van der Waals surface area contributed by atoms with Gasteiger partial charge in [0.1, 0.15) is 5.82 Å². The van der Waals surface area contributed by atoms with Crippen LogP contribution in [0.1, 0.15) is 36.3 Å². The third kappa shape index (κ3) is 4.79. The number of piperidine rings is 1. The van der Waals surface area contributed by atoms with Gasteiger partial charge in [-0.1, -0.05) is 35.3 Å². The van der Waals surface area contributed by atoms with Crippen molar-refractivity contribution in [3.05, 3.63) is 68.3 Å². The molecule has 2 aromatic rings. The maximum Gasteiger partial charge on any atom is 0.152 e. The van der Waals surface area contributed by atoms with Gasteiger partial charge in [-0.3, -0.25) is 0 Å². The topological polar surface area (TPSA) is 47.9 Å². The molecule has 2 heterocycles. The van der Waals surface area contributed by atoms with E-state index in [4.69, 9.17) is 23.2 Å². The Morgan fingerprint density at radius 1 is 1.16 bits per heavy atom. The van der Waals surface area contributed by atoms with Crippen LogP contribution in [0, 0.1) is 10.7 Å². The van der Waals surface area contributed by atoms with E-state index in [0.717, 1.165) is 63.2 Å². The number of fused-ring (bicyclic) bond motifs is 2. The number of benzene rings is 2. The fourth-order valence-corrected chi connectivity index (χ4v) is 5.62. The van der Waals surface area contributed by atoms with Crippen LogP contribution in [-0.4, -0.2) is 51.3 Å². The van der Waals surface area contributed by atoms with E-state index in [1.165, 1.54) is 11.6 Å². The third-order valence-electron chi connectivity index (χ3n) is 7.07. The average Bonchev–Trinajstić information content (AvgIpc) is 3.07. The van der Waals surface area contributed by atoms with Crippen molar-refractivity contribution in [2.24, 2.45) is 5.18 Å². The Kier molecular flexibility index (Phi) is 7.35. The molecule has 0 bridgehead atoms. The predicted molar refractivity (Wildman–Crippen MR) is 130 cm³/mol. The van der Waals surface area contributed by atoms with Crippen LogP contribution in [0.3, 0.4) is 0 Å². The van der Waals surface area contributed by atoms with Crippen molar-refractivity contribution in [2.75, 3.05) is 51.3 Å². The molecule has 0 amide bonds. The van der Waals surface area contributed by atoms with Crippen LogP contribution in [0.5, 0.6) is 0 Å². The van der Waals surface area contributed by atoms with Crippen molar-refractivity contribution in [1.29, 1.82) is 0 Å². The number of halogens is 3. The lowest BCUT2D eigenvalue weighted by molar-refractivity contribution is 0.162. The zero-order chi connectivity index (χ0) is 22.7. The quantitative estimate of drug-likeness (QED) is 0.515.